The summed E-state index contributed by atoms with van der Waals surface area (Å²) in [6.45, 7) is 3.79. The van der Waals surface area contributed by atoms with E-state index in [0.717, 1.165) is 31.9 Å². The second-order valence-electron chi connectivity index (χ2n) is 6.29. The summed E-state index contributed by atoms with van der Waals surface area (Å²) in [5.41, 5.74) is 1.67. The maximum Gasteiger partial charge on any atom is 0.279 e. The number of piperazine rings is 1. The van der Waals surface area contributed by atoms with Gasteiger partial charge in [0.2, 0.25) is 0 Å². The molecule has 0 bridgehead atoms. The van der Waals surface area contributed by atoms with Gasteiger partial charge >= 0.3 is 0 Å². The molecular formula is C19H22ClFN3O2+. The zero-order valence-corrected chi connectivity index (χ0v) is 15.4. The Morgan fingerprint density at radius 3 is 2.54 bits per heavy atom. The fraction of sp³-hybridized carbons (Fsp3) is 0.316. The summed E-state index contributed by atoms with van der Waals surface area (Å²) in [7, 11) is 1.55. The van der Waals surface area contributed by atoms with Crippen LogP contribution >= 0.6 is 11.6 Å². The van der Waals surface area contributed by atoms with E-state index in [1.807, 2.05) is 0 Å². The number of amides is 1. The van der Waals surface area contributed by atoms with Gasteiger partial charge in [0.1, 0.15) is 11.6 Å². The number of nitrogens with zero attached hydrogens (tertiary/aromatic N) is 1. The molecule has 0 unspecified atom stereocenters. The molecule has 1 amide bonds. The number of rotatable bonds is 5. The predicted octanol–water partition coefficient (Wildman–Crippen LogP) is 1.83. The lowest BCUT2D eigenvalue weighted by atomic mass is 10.2. The molecule has 5 nitrogen and oxygen atoms in total. The molecule has 1 heterocycles. The summed E-state index contributed by atoms with van der Waals surface area (Å²) >= 11 is 6.08. The molecule has 2 N–H and O–H groups in total. The smallest absolute Gasteiger partial charge is 0.279 e. The number of carbonyl (C=O) groups is 1. The number of hydrogen-bond donors (Lipinski definition) is 2. The van der Waals surface area contributed by atoms with E-state index in [9.17, 15) is 9.18 Å². The summed E-state index contributed by atoms with van der Waals surface area (Å²) in [5, 5.41) is 3.34. The number of halogens is 2. The number of carbonyl (C=O) groups excluding carboxylic acids is 1. The third-order valence-corrected chi connectivity index (χ3v) is 4.80. The molecule has 2 aromatic carbocycles. The highest BCUT2D eigenvalue weighted by Gasteiger charge is 2.22. The second kappa shape index (κ2) is 8.38. The van der Waals surface area contributed by atoms with Crippen LogP contribution in [-0.4, -0.2) is 45.7 Å². The van der Waals surface area contributed by atoms with Crippen LogP contribution in [0.15, 0.2) is 42.5 Å². The molecule has 0 aliphatic carbocycles. The topological polar surface area (TPSA) is 46.0 Å². The summed E-state index contributed by atoms with van der Waals surface area (Å²) in [6, 6.07) is 11.7. The van der Waals surface area contributed by atoms with Crippen LogP contribution in [0.1, 0.15) is 0 Å². The molecule has 138 valence electrons. The van der Waals surface area contributed by atoms with Crippen LogP contribution in [0.4, 0.5) is 15.8 Å². The third-order valence-electron chi connectivity index (χ3n) is 4.51. The summed E-state index contributed by atoms with van der Waals surface area (Å²) in [6.07, 6.45) is 0. The monoisotopic (exact) mass is 378 g/mol. The third kappa shape index (κ3) is 4.65. The van der Waals surface area contributed by atoms with Crippen molar-refractivity contribution in [3.05, 3.63) is 53.3 Å². The van der Waals surface area contributed by atoms with Crippen LogP contribution in [0.3, 0.4) is 0 Å². The lowest BCUT2D eigenvalue weighted by Gasteiger charge is -2.33. The minimum atomic E-state index is -0.228. The molecule has 0 saturated carbocycles. The van der Waals surface area contributed by atoms with Gasteiger partial charge < -0.3 is 19.9 Å². The first-order chi connectivity index (χ1) is 12.5. The van der Waals surface area contributed by atoms with Crippen molar-refractivity contribution >= 4 is 28.9 Å². The maximum absolute atomic E-state index is 13.0. The van der Waals surface area contributed by atoms with Gasteiger partial charge in [0.15, 0.2) is 6.54 Å². The molecule has 26 heavy (non-hydrogen) atoms. The molecule has 1 fully saturated rings. The van der Waals surface area contributed by atoms with Gasteiger partial charge in [0.25, 0.3) is 5.91 Å². The Kier molecular flexibility index (Phi) is 5.96. The van der Waals surface area contributed by atoms with Gasteiger partial charge in [-0.05, 0) is 42.5 Å². The molecule has 1 saturated heterocycles. The average Bonchev–Trinajstić information content (AvgIpc) is 2.63. The van der Waals surface area contributed by atoms with E-state index < -0.39 is 0 Å². The highest BCUT2D eigenvalue weighted by Crippen LogP contribution is 2.27. The van der Waals surface area contributed by atoms with Crippen LogP contribution in [0.25, 0.3) is 0 Å². The van der Waals surface area contributed by atoms with Gasteiger partial charge in [-0.1, -0.05) is 11.6 Å². The Balaban J connectivity index is 1.49. The van der Waals surface area contributed by atoms with Crippen molar-refractivity contribution in [2.45, 2.75) is 0 Å². The molecular weight excluding hydrogens is 357 g/mol. The zero-order chi connectivity index (χ0) is 18.5. The zero-order valence-electron chi connectivity index (χ0n) is 14.6. The second-order valence-corrected chi connectivity index (χ2v) is 6.69. The SMILES string of the molecule is COc1ccc(NC(=O)C[NH+]2CCN(c3ccc(F)cc3)CC2)cc1Cl. The van der Waals surface area contributed by atoms with Crippen LogP contribution in [0, 0.1) is 5.82 Å². The fourth-order valence-electron chi connectivity index (χ4n) is 3.09. The van der Waals surface area contributed by atoms with Crippen molar-refractivity contribution in [1.82, 2.24) is 0 Å². The van der Waals surface area contributed by atoms with E-state index in [1.165, 1.54) is 17.0 Å². The number of anilines is 2. The Hall–Kier alpha value is -2.31. The minimum absolute atomic E-state index is 0.0449. The maximum atomic E-state index is 13.0. The Bertz CT molecular complexity index is 762. The number of hydrogen-bond acceptors (Lipinski definition) is 3. The van der Waals surface area contributed by atoms with Crippen LogP contribution < -0.4 is 19.9 Å². The number of quaternary nitrogens is 1. The number of benzene rings is 2. The van der Waals surface area contributed by atoms with Gasteiger partial charge in [0.05, 0.1) is 38.3 Å². The van der Waals surface area contributed by atoms with Crippen LogP contribution in [-0.2, 0) is 4.79 Å². The molecule has 7 heteroatoms. The Morgan fingerprint density at radius 2 is 1.92 bits per heavy atom. The molecule has 1 aliphatic rings. The van der Waals surface area contributed by atoms with Crippen molar-refractivity contribution in [3.63, 3.8) is 0 Å². The quantitative estimate of drug-likeness (QED) is 0.834. The van der Waals surface area contributed by atoms with Gasteiger partial charge in [-0.3, -0.25) is 4.79 Å². The molecule has 1 aliphatic heterocycles. The summed E-state index contributed by atoms with van der Waals surface area (Å²) in [4.78, 5) is 15.7. The molecule has 3 rings (SSSR count). The molecule has 0 aromatic heterocycles. The van der Waals surface area contributed by atoms with Crippen molar-refractivity contribution in [2.75, 3.05) is 50.1 Å². The van der Waals surface area contributed by atoms with Crippen LogP contribution in [0.5, 0.6) is 5.75 Å². The van der Waals surface area contributed by atoms with E-state index in [0.29, 0.717) is 23.0 Å². The van der Waals surface area contributed by atoms with Crippen molar-refractivity contribution in [1.29, 1.82) is 0 Å². The Labute approximate surface area is 157 Å². The van der Waals surface area contributed by atoms with E-state index in [1.54, 1.807) is 37.4 Å². The first-order valence-corrected chi connectivity index (χ1v) is 8.90. The average molecular weight is 379 g/mol. The minimum Gasteiger partial charge on any atom is -0.495 e. The van der Waals surface area contributed by atoms with Gasteiger partial charge in [-0.15, -0.1) is 0 Å². The molecule has 0 atom stereocenters. The first-order valence-electron chi connectivity index (χ1n) is 8.52. The number of ether oxygens (including phenoxy) is 1. The fourth-order valence-corrected chi connectivity index (χ4v) is 3.34. The summed E-state index contributed by atoms with van der Waals surface area (Å²) < 4.78 is 18.1. The standard InChI is InChI=1S/C19H21ClFN3O2/c1-26-18-7-4-15(12-17(18)20)22-19(25)13-23-8-10-24(11-9-23)16-5-2-14(21)3-6-16/h2-7,12H,8-11,13H2,1H3,(H,22,25)/p+1. The van der Waals surface area contributed by atoms with Crippen molar-refractivity contribution in [2.24, 2.45) is 0 Å². The highest BCUT2D eigenvalue weighted by atomic mass is 35.5. The van der Waals surface area contributed by atoms with Gasteiger partial charge in [-0.2, -0.15) is 0 Å². The van der Waals surface area contributed by atoms with Crippen molar-refractivity contribution in [3.8, 4) is 5.75 Å². The van der Waals surface area contributed by atoms with E-state index >= 15 is 0 Å². The van der Waals surface area contributed by atoms with Gasteiger partial charge in [0, 0.05) is 11.4 Å². The van der Waals surface area contributed by atoms with Gasteiger partial charge in [-0.25, -0.2) is 4.39 Å². The Morgan fingerprint density at radius 1 is 1.23 bits per heavy atom. The number of methoxy groups -OCH3 is 1. The molecule has 2 aromatic rings. The molecule has 0 radical (unpaired) electrons. The predicted molar refractivity (Wildman–Crippen MR) is 101 cm³/mol. The van der Waals surface area contributed by atoms with E-state index in [2.05, 4.69) is 10.2 Å². The van der Waals surface area contributed by atoms with E-state index in [4.69, 9.17) is 16.3 Å². The van der Waals surface area contributed by atoms with Crippen molar-refractivity contribution < 1.29 is 18.8 Å². The highest BCUT2D eigenvalue weighted by molar-refractivity contribution is 6.32. The van der Waals surface area contributed by atoms with Crippen LogP contribution in [0.2, 0.25) is 5.02 Å². The largest absolute Gasteiger partial charge is 0.495 e. The normalized spacial score (nSPS) is 15.0. The summed E-state index contributed by atoms with van der Waals surface area (Å²) in [5.74, 6) is 0.303. The van der Waals surface area contributed by atoms with E-state index in [-0.39, 0.29) is 11.7 Å². The molecule has 0 spiro atoms. The lowest BCUT2D eigenvalue weighted by Crippen LogP contribution is -3.15. The lowest BCUT2D eigenvalue weighted by molar-refractivity contribution is -0.892. The first kappa shape index (κ1) is 18.5. The number of nitrogens with one attached hydrogen (secondary N) is 2.